The minimum atomic E-state index is -3.38. The molecule has 0 aromatic rings. The molecule has 120 valence electrons. The molecule has 0 saturated carbocycles. The Morgan fingerprint density at radius 1 is 1.35 bits per heavy atom. The molecule has 0 aromatic carbocycles. The van der Waals surface area contributed by atoms with Crippen molar-refractivity contribution in [2.45, 2.75) is 26.7 Å². The zero-order valence-corrected chi connectivity index (χ0v) is 14.3. The zero-order valence-electron chi connectivity index (χ0n) is 12.7. The van der Waals surface area contributed by atoms with Gasteiger partial charge in [-0.3, -0.25) is 0 Å². The number of hydrogen-bond donors (Lipinski definition) is 0. The second kappa shape index (κ2) is 8.54. The molecule has 5 nitrogen and oxygen atoms in total. The standard InChI is InChI=1S/C13H27ClN2O3S/c1-12(2)11-16(8-9-19-3)20(17,18)15-6-4-13(10-14)5-7-15/h12-13H,4-11H2,1-3H3. The minimum absolute atomic E-state index is 0.294. The van der Waals surface area contributed by atoms with Crippen LogP contribution in [0.1, 0.15) is 26.7 Å². The molecule has 1 aliphatic rings. The Labute approximate surface area is 128 Å². The van der Waals surface area contributed by atoms with Crippen LogP contribution in [0.5, 0.6) is 0 Å². The van der Waals surface area contributed by atoms with E-state index < -0.39 is 10.2 Å². The lowest BCUT2D eigenvalue weighted by Gasteiger charge is -2.35. The second-order valence-electron chi connectivity index (χ2n) is 5.75. The van der Waals surface area contributed by atoms with Gasteiger partial charge in [0.2, 0.25) is 0 Å². The van der Waals surface area contributed by atoms with E-state index in [9.17, 15) is 8.42 Å². The Kier molecular flexibility index (Phi) is 7.75. The molecule has 0 atom stereocenters. The van der Waals surface area contributed by atoms with Crippen molar-refractivity contribution >= 4 is 21.8 Å². The number of alkyl halides is 1. The molecule has 0 unspecified atom stereocenters. The van der Waals surface area contributed by atoms with Gasteiger partial charge in [0.15, 0.2) is 0 Å². The predicted molar refractivity (Wildman–Crippen MR) is 82.2 cm³/mol. The molecule has 1 aliphatic heterocycles. The van der Waals surface area contributed by atoms with E-state index in [0.29, 0.717) is 50.5 Å². The summed E-state index contributed by atoms with van der Waals surface area (Å²) in [6.45, 7) is 6.55. The first-order valence-electron chi connectivity index (χ1n) is 7.22. The third-order valence-electron chi connectivity index (χ3n) is 3.56. The van der Waals surface area contributed by atoms with Gasteiger partial charge in [0.1, 0.15) is 0 Å². The van der Waals surface area contributed by atoms with Crippen LogP contribution in [0.15, 0.2) is 0 Å². The molecule has 0 N–H and O–H groups in total. The first kappa shape index (κ1) is 18.2. The maximum absolute atomic E-state index is 12.7. The topological polar surface area (TPSA) is 49.9 Å². The van der Waals surface area contributed by atoms with Gasteiger partial charge in [-0.05, 0) is 24.7 Å². The van der Waals surface area contributed by atoms with Crippen LogP contribution >= 0.6 is 11.6 Å². The van der Waals surface area contributed by atoms with Gasteiger partial charge < -0.3 is 4.74 Å². The van der Waals surface area contributed by atoms with E-state index in [-0.39, 0.29) is 0 Å². The average molecular weight is 327 g/mol. The fourth-order valence-electron chi connectivity index (χ4n) is 2.36. The molecule has 1 saturated heterocycles. The van der Waals surface area contributed by atoms with Crippen molar-refractivity contribution < 1.29 is 13.2 Å². The molecule has 1 heterocycles. The molecule has 7 heteroatoms. The van der Waals surface area contributed by atoms with E-state index >= 15 is 0 Å². The molecule has 0 radical (unpaired) electrons. The Morgan fingerprint density at radius 2 is 1.95 bits per heavy atom. The maximum Gasteiger partial charge on any atom is 0.282 e. The Balaban J connectivity index is 2.71. The predicted octanol–water partition coefficient (Wildman–Crippen LogP) is 1.79. The molecule has 0 aliphatic carbocycles. The number of hydrogen-bond acceptors (Lipinski definition) is 3. The fraction of sp³-hybridized carbons (Fsp3) is 1.00. The number of ether oxygens (including phenoxy) is 1. The summed E-state index contributed by atoms with van der Waals surface area (Å²) in [6, 6.07) is 0. The van der Waals surface area contributed by atoms with Gasteiger partial charge in [0.25, 0.3) is 10.2 Å². The lowest BCUT2D eigenvalue weighted by molar-refractivity contribution is 0.169. The van der Waals surface area contributed by atoms with Crippen molar-refractivity contribution in [1.29, 1.82) is 0 Å². The van der Waals surface area contributed by atoms with E-state index in [2.05, 4.69) is 0 Å². The van der Waals surface area contributed by atoms with E-state index in [0.717, 1.165) is 12.8 Å². The summed E-state index contributed by atoms with van der Waals surface area (Å²) in [5.74, 6) is 1.36. The molecule has 0 amide bonds. The monoisotopic (exact) mass is 326 g/mol. The number of methoxy groups -OCH3 is 1. The Morgan fingerprint density at radius 3 is 2.40 bits per heavy atom. The van der Waals surface area contributed by atoms with Crippen molar-refractivity contribution in [2.75, 3.05) is 45.8 Å². The summed E-state index contributed by atoms with van der Waals surface area (Å²) >= 11 is 5.85. The summed E-state index contributed by atoms with van der Waals surface area (Å²) in [6.07, 6.45) is 1.70. The number of piperidine rings is 1. The Hall–Kier alpha value is 0.120. The molecular formula is C13H27ClN2O3S. The minimum Gasteiger partial charge on any atom is -0.383 e. The van der Waals surface area contributed by atoms with Crippen molar-refractivity contribution in [3.05, 3.63) is 0 Å². The molecule has 0 spiro atoms. The highest BCUT2D eigenvalue weighted by Gasteiger charge is 2.32. The molecule has 0 aromatic heterocycles. The summed E-state index contributed by atoms with van der Waals surface area (Å²) in [5, 5.41) is 0. The van der Waals surface area contributed by atoms with E-state index in [1.165, 1.54) is 0 Å². The van der Waals surface area contributed by atoms with Gasteiger partial charge in [-0.15, -0.1) is 11.6 Å². The van der Waals surface area contributed by atoms with Crippen molar-refractivity contribution in [2.24, 2.45) is 11.8 Å². The summed E-state index contributed by atoms with van der Waals surface area (Å²) < 4.78 is 33.5. The van der Waals surface area contributed by atoms with Crippen molar-refractivity contribution in [1.82, 2.24) is 8.61 Å². The SMILES string of the molecule is COCCN(CC(C)C)S(=O)(=O)N1CCC(CCl)CC1. The van der Waals surface area contributed by atoms with Crippen LogP contribution in [0.25, 0.3) is 0 Å². The second-order valence-corrected chi connectivity index (χ2v) is 7.99. The van der Waals surface area contributed by atoms with Crippen LogP contribution in [0.2, 0.25) is 0 Å². The number of halogens is 1. The number of nitrogens with zero attached hydrogens (tertiary/aromatic N) is 2. The highest BCUT2D eigenvalue weighted by atomic mass is 35.5. The highest BCUT2D eigenvalue weighted by Crippen LogP contribution is 2.22. The normalized spacial score (nSPS) is 19.1. The fourth-order valence-corrected chi connectivity index (χ4v) is 4.46. The van der Waals surface area contributed by atoms with Crippen LogP contribution in [0.4, 0.5) is 0 Å². The van der Waals surface area contributed by atoms with Gasteiger partial charge in [-0.25, -0.2) is 0 Å². The van der Waals surface area contributed by atoms with Crippen LogP contribution < -0.4 is 0 Å². The van der Waals surface area contributed by atoms with Crippen molar-refractivity contribution in [3.8, 4) is 0 Å². The van der Waals surface area contributed by atoms with Gasteiger partial charge in [0.05, 0.1) is 6.61 Å². The highest BCUT2D eigenvalue weighted by molar-refractivity contribution is 7.86. The molecule has 1 fully saturated rings. The maximum atomic E-state index is 12.7. The van der Waals surface area contributed by atoms with Crippen LogP contribution in [-0.4, -0.2) is 62.8 Å². The summed E-state index contributed by atoms with van der Waals surface area (Å²) in [5.41, 5.74) is 0. The van der Waals surface area contributed by atoms with Gasteiger partial charge in [-0.2, -0.15) is 17.0 Å². The zero-order chi connectivity index (χ0) is 15.2. The molecule has 1 rings (SSSR count). The smallest absolute Gasteiger partial charge is 0.282 e. The van der Waals surface area contributed by atoms with Crippen LogP contribution in [0, 0.1) is 11.8 Å². The Bertz CT molecular complexity index is 368. The third-order valence-corrected chi connectivity index (χ3v) is 6.00. The average Bonchev–Trinajstić information content (AvgIpc) is 2.43. The molecular weight excluding hydrogens is 300 g/mol. The third kappa shape index (κ3) is 5.15. The lowest BCUT2D eigenvalue weighted by atomic mass is 10.0. The lowest BCUT2D eigenvalue weighted by Crippen LogP contribution is -2.49. The van der Waals surface area contributed by atoms with E-state index in [1.54, 1.807) is 15.7 Å². The van der Waals surface area contributed by atoms with Crippen molar-refractivity contribution in [3.63, 3.8) is 0 Å². The first-order valence-corrected chi connectivity index (χ1v) is 9.15. The summed E-state index contributed by atoms with van der Waals surface area (Å²) in [7, 11) is -1.79. The van der Waals surface area contributed by atoms with Crippen LogP contribution in [-0.2, 0) is 14.9 Å². The van der Waals surface area contributed by atoms with Crippen LogP contribution in [0.3, 0.4) is 0 Å². The largest absolute Gasteiger partial charge is 0.383 e. The first-order chi connectivity index (χ1) is 9.41. The van der Waals surface area contributed by atoms with E-state index in [4.69, 9.17) is 16.3 Å². The quantitative estimate of drug-likeness (QED) is 0.639. The van der Waals surface area contributed by atoms with Gasteiger partial charge in [0, 0.05) is 39.2 Å². The molecule has 0 bridgehead atoms. The van der Waals surface area contributed by atoms with Gasteiger partial charge in [-0.1, -0.05) is 13.8 Å². The van der Waals surface area contributed by atoms with E-state index in [1.807, 2.05) is 13.8 Å². The molecule has 20 heavy (non-hydrogen) atoms. The summed E-state index contributed by atoms with van der Waals surface area (Å²) in [4.78, 5) is 0. The van der Waals surface area contributed by atoms with Gasteiger partial charge >= 0.3 is 0 Å². The number of rotatable bonds is 8.